The van der Waals surface area contributed by atoms with Crippen molar-refractivity contribution < 1.29 is 4.79 Å². The van der Waals surface area contributed by atoms with E-state index in [1.54, 1.807) is 0 Å². The van der Waals surface area contributed by atoms with E-state index in [1.165, 1.54) is 11.8 Å². The third-order valence-electron chi connectivity index (χ3n) is 6.22. The van der Waals surface area contributed by atoms with Crippen molar-refractivity contribution in [2.75, 3.05) is 27.2 Å². The fraction of sp³-hybridized carbons (Fsp3) is 0.385. The molecule has 2 unspecified atom stereocenters. The standard InChI is InChI=1S/C26H30Cl2N4OS/c1-16(2)21-22(24(33)29-14-15-31(4)5)34-25-30-26(3,18-8-12-20(28)13-9-18)23(32(21)25)17-6-10-19(27)11-7-17/h6-13,16,23H,14-15H2,1-5H3,(H,29,33). The highest BCUT2D eigenvalue weighted by Crippen LogP contribution is 2.56. The minimum atomic E-state index is -0.562. The molecule has 2 aliphatic rings. The predicted octanol–water partition coefficient (Wildman–Crippen LogP) is 5.91. The number of carbonyl (C=O) groups is 1. The van der Waals surface area contributed by atoms with Gasteiger partial charge in [-0.05, 0) is 74.1 Å². The zero-order valence-electron chi connectivity index (χ0n) is 20.1. The Morgan fingerprint density at radius 3 is 2.26 bits per heavy atom. The number of hydrogen-bond donors (Lipinski definition) is 1. The molecule has 0 saturated heterocycles. The Hall–Kier alpha value is -1.99. The normalized spacial score (nSPS) is 22.0. The van der Waals surface area contributed by atoms with E-state index >= 15 is 0 Å². The maximum absolute atomic E-state index is 13.2. The number of fused-ring (bicyclic) bond motifs is 1. The minimum absolute atomic E-state index is 0.0456. The molecule has 0 radical (unpaired) electrons. The molecule has 1 amide bonds. The third-order valence-corrected chi connectivity index (χ3v) is 7.80. The predicted molar refractivity (Wildman–Crippen MR) is 143 cm³/mol. The van der Waals surface area contributed by atoms with Gasteiger partial charge in [0.25, 0.3) is 5.91 Å². The van der Waals surface area contributed by atoms with Gasteiger partial charge in [0, 0.05) is 28.8 Å². The molecule has 0 fully saturated rings. The van der Waals surface area contributed by atoms with Crippen molar-refractivity contribution in [1.82, 2.24) is 15.1 Å². The number of likely N-dealkylation sites (N-methyl/N-ethyl adjacent to an activating group) is 1. The largest absolute Gasteiger partial charge is 0.350 e. The highest BCUT2D eigenvalue weighted by atomic mass is 35.5. The van der Waals surface area contributed by atoms with Crippen LogP contribution in [0.1, 0.15) is 37.9 Å². The summed E-state index contributed by atoms with van der Waals surface area (Å²) in [6.07, 6.45) is 0. The van der Waals surface area contributed by atoms with E-state index in [-0.39, 0.29) is 17.9 Å². The van der Waals surface area contributed by atoms with Gasteiger partial charge in [-0.2, -0.15) is 0 Å². The van der Waals surface area contributed by atoms with Crippen LogP contribution in [-0.2, 0) is 10.3 Å². The van der Waals surface area contributed by atoms with Crippen molar-refractivity contribution in [1.29, 1.82) is 0 Å². The first kappa shape index (κ1) is 25.1. The van der Waals surface area contributed by atoms with Crippen LogP contribution in [0, 0.1) is 5.92 Å². The van der Waals surface area contributed by atoms with Gasteiger partial charge in [-0.1, -0.05) is 61.3 Å². The van der Waals surface area contributed by atoms with Gasteiger partial charge in [-0.25, -0.2) is 4.99 Å². The summed E-state index contributed by atoms with van der Waals surface area (Å²) in [6, 6.07) is 15.7. The number of nitrogens with one attached hydrogen (secondary N) is 1. The average Bonchev–Trinajstić information content (AvgIpc) is 3.27. The van der Waals surface area contributed by atoms with E-state index in [1.807, 2.05) is 50.5 Å². The summed E-state index contributed by atoms with van der Waals surface area (Å²) in [5.41, 5.74) is 2.60. The van der Waals surface area contributed by atoms with Crippen LogP contribution in [-0.4, -0.2) is 48.1 Å². The quantitative estimate of drug-likeness (QED) is 0.496. The lowest BCUT2D eigenvalue weighted by Gasteiger charge is -2.37. The van der Waals surface area contributed by atoms with Crippen LogP contribution in [0.15, 0.2) is 64.1 Å². The highest BCUT2D eigenvalue weighted by Gasteiger charge is 2.53. The molecule has 0 aromatic heterocycles. The first-order valence-corrected chi connectivity index (χ1v) is 12.9. The summed E-state index contributed by atoms with van der Waals surface area (Å²) in [4.78, 5) is 23.5. The van der Waals surface area contributed by atoms with Crippen molar-refractivity contribution >= 4 is 46.0 Å². The van der Waals surface area contributed by atoms with Crippen LogP contribution in [0.5, 0.6) is 0 Å². The second-order valence-electron chi connectivity index (χ2n) is 9.40. The summed E-state index contributed by atoms with van der Waals surface area (Å²) in [5, 5.41) is 5.30. The number of amides is 1. The van der Waals surface area contributed by atoms with Gasteiger partial charge in [-0.3, -0.25) is 4.79 Å². The molecule has 0 aliphatic carbocycles. The van der Waals surface area contributed by atoms with Crippen LogP contribution in [0.4, 0.5) is 0 Å². The van der Waals surface area contributed by atoms with Crippen LogP contribution in [0.2, 0.25) is 10.0 Å². The molecule has 2 aliphatic heterocycles. The van der Waals surface area contributed by atoms with Crippen LogP contribution < -0.4 is 5.32 Å². The van der Waals surface area contributed by atoms with Crippen molar-refractivity contribution in [3.05, 3.63) is 80.3 Å². The van der Waals surface area contributed by atoms with E-state index in [2.05, 4.69) is 48.0 Å². The summed E-state index contributed by atoms with van der Waals surface area (Å²) in [5.74, 6) is 0.0906. The number of allylic oxidation sites excluding steroid dienone is 1. The summed E-state index contributed by atoms with van der Waals surface area (Å²) in [7, 11) is 3.99. The zero-order valence-corrected chi connectivity index (χ0v) is 22.4. The van der Waals surface area contributed by atoms with Gasteiger partial charge >= 0.3 is 0 Å². The molecule has 2 aromatic rings. The number of thioether (sulfide) groups is 1. The van der Waals surface area contributed by atoms with E-state index in [0.717, 1.165) is 33.4 Å². The third kappa shape index (κ3) is 4.74. The summed E-state index contributed by atoms with van der Waals surface area (Å²) < 4.78 is 0. The second kappa shape index (κ2) is 9.94. The molecule has 4 rings (SSSR count). The number of carbonyl (C=O) groups excluding carboxylic acids is 1. The Morgan fingerprint density at radius 1 is 1.12 bits per heavy atom. The molecule has 2 heterocycles. The molecular formula is C26H30Cl2N4OS. The van der Waals surface area contributed by atoms with E-state index in [4.69, 9.17) is 28.2 Å². The Balaban J connectivity index is 1.79. The van der Waals surface area contributed by atoms with Crippen LogP contribution >= 0.6 is 35.0 Å². The number of halogens is 2. The lowest BCUT2D eigenvalue weighted by Crippen LogP contribution is -2.36. The second-order valence-corrected chi connectivity index (χ2v) is 11.3. The van der Waals surface area contributed by atoms with E-state index < -0.39 is 5.54 Å². The topological polar surface area (TPSA) is 47.9 Å². The smallest absolute Gasteiger partial charge is 0.260 e. The van der Waals surface area contributed by atoms with Crippen molar-refractivity contribution in [2.24, 2.45) is 10.9 Å². The maximum Gasteiger partial charge on any atom is 0.260 e. The minimum Gasteiger partial charge on any atom is -0.350 e. The molecule has 5 nitrogen and oxygen atoms in total. The molecule has 0 spiro atoms. The summed E-state index contributed by atoms with van der Waals surface area (Å²) >= 11 is 13.9. The Labute approximate surface area is 216 Å². The first-order valence-electron chi connectivity index (χ1n) is 11.4. The Bertz CT molecular complexity index is 1130. The monoisotopic (exact) mass is 516 g/mol. The summed E-state index contributed by atoms with van der Waals surface area (Å²) in [6.45, 7) is 7.78. The fourth-order valence-corrected chi connectivity index (χ4v) is 6.12. The molecule has 0 saturated carbocycles. The Morgan fingerprint density at radius 2 is 1.71 bits per heavy atom. The first-order chi connectivity index (χ1) is 16.1. The number of rotatable bonds is 7. The maximum atomic E-state index is 13.2. The van der Waals surface area contributed by atoms with Gasteiger partial charge in [0.15, 0.2) is 5.17 Å². The molecule has 2 atom stereocenters. The molecule has 34 heavy (non-hydrogen) atoms. The molecule has 0 bridgehead atoms. The van der Waals surface area contributed by atoms with E-state index in [0.29, 0.717) is 16.6 Å². The number of aliphatic imine (C=N–C) groups is 1. The lowest BCUT2D eigenvalue weighted by atomic mass is 9.81. The molecule has 2 aromatic carbocycles. The molecular weight excluding hydrogens is 487 g/mol. The van der Waals surface area contributed by atoms with Crippen LogP contribution in [0.3, 0.4) is 0 Å². The van der Waals surface area contributed by atoms with Gasteiger partial charge in [0.1, 0.15) is 5.54 Å². The highest BCUT2D eigenvalue weighted by molar-refractivity contribution is 8.18. The van der Waals surface area contributed by atoms with E-state index in [9.17, 15) is 4.79 Å². The molecule has 1 N–H and O–H groups in total. The number of hydrogen-bond acceptors (Lipinski definition) is 5. The zero-order chi connectivity index (χ0) is 24.6. The Kier molecular flexibility index (Phi) is 7.34. The average molecular weight is 518 g/mol. The van der Waals surface area contributed by atoms with Gasteiger partial charge in [0.05, 0.1) is 10.9 Å². The van der Waals surface area contributed by atoms with Crippen LogP contribution in [0.25, 0.3) is 0 Å². The number of benzene rings is 2. The van der Waals surface area contributed by atoms with Crippen molar-refractivity contribution in [3.63, 3.8) is 0 Å². The van der Waals surface area contributed by atoms with Gasteiger partial charge in [-0.15, -0.1) is 0 Å². The molecule has 180 valence electrons. The van der Waals surface area contributed by atoms with Crippen molar-refractivity contribution in [3.8, 4) is 0 Å². The number of nitrogens with zero attached hydrogens (tertiary/aromatic N) is 3. The molecule has 8 heteroatoms. The fourth-order valence-electron chi connectivity index (χ4n) is 4.55. The lowest BCUT2D eigenvalue weighted by molar-refractivity contribution is -0.116. The van der Waals surface area contributed by atoms with Gasteiger partial charge < -0.3 is 15.1 Å². The van der Waals surface area contributed by atoms with Crippen molar-refractivity contribution in [2.45, 2.75) is 32.4 Å². The van der Waals surface area contributed by atoms with Gasteiger partial charge in [0.2, 0.25) is 0 Å². The number of amidine groups is 1. The SMILES string of the molecule is CC(C)C1=C(C(=O)NCCN(C)C)SC2=NC(C)(c3ccc(Cl)cc3)C(c3ccc(Cl)cc3)N21.